The number of carbonyl (C=O) groups is 2. The predicted molar refractivity (Wildman–Crippen MR) is 74.6 cm³/mol. The normalized spacial score (nSPS) is 14.1. The van der Waals surface area contributed by atoms with Crippen LogP contribution in [0.15, 0.2) is 22.7 Å². The SMILES string of the molecule is O=C1C(=O)N(Cc2nnc(Cl)s2)c2ccc(Br)cc21. The molecule has 0 N–H and O–H groups in total. The van der Waals surface area contributed by atoms with Gasteiger partial charge in [-0.25, -0.2) is 0 Å². The molecule has 0 atom stereocenters. The second-order valence-corrected chi connectivity index (χ2v) is 6.39. The topological polar surface area (TPSA) is 63.2 Å². The van der Waals surface area contributed by atoms with Gasteiger partial charge in [0.05, 0.1) is 17.8 Å². The van der Waals surface area contributed by atoms with E-state index >= 15 is 0 Å². The molecule has 5 nitrogen and oxygen atoms in total. The number of halogens is 2. The Kier molecular flexibility index (Phi) is 3.12. The van der Waals surface area contributed by atoms with Crippen LogP contribution in [0.3, 0.4) is 0 Å². The number of rotatable bonds is 2. The van der Waals surface area contributed by atoms with Crippen molar-refractivity contribution in [3.05, 3.63) is 37.7 Å². The van der Waals surface area contributed by atoms with Crippen LogP contribution in [0, 0.1) is 0 Å². The Morgan fingerprint density at radius 2 is 2.11 bits per heavy atom. The van der Waals surface area contributed by atoms with Crippen molar-refractivity contribution in [3.63, 3.8) is 0 Å². The summed E-state index contributed by atoms with van der Waals surface area (Å²) < 4.78 is 1.07. The molecule has 0 fully saturated rings. The van der Waals surface area contributed by atoms with Gasteiger partial charge in [-0.05, 0) is 29.8 Å². The molecule has 0 saturated carbocycles. The van der Waals surface area contributed by atoms with E-state index in [0.29, 0.717) is 20.7 Å². The van der Waals surface area contributed by atoms with E-state index in [4.69, 9.17) is 11.6 Å². The van der Waals surface area contributed by atoms with Crippen LogP contribution < -0.4 is 4.90 Å². The van der Waals surface area contributed by atoms with Gasteiger partial charge < -0.3 is 0 Å². The summed E-state index contributed by atoms with van der Waals surface area (Å²) in [4.78, 5) is 25.2. The molecule has 2 aromatic rings. The van der Waals surface area contributed by atoms with Crippen molar-refractivity contribution in [2.45, 2.75) is 6.54 Å². The molecule has 1 amide bonds. The number of Topliss-reactive ketones (excluding diaryl/α,β-unsaturated/α-hetero) is 1. The lowest BCUT2D eigenvalue weighted by Gasteiger charge is -2.14. The van der Waals surface area contributed by atoms with Gasteiger partial charge in [0.15, 0.2) is 0 Å². The van der Waals surface area contributed by atoms with Gasteiger partial charge in [0.1, 0.15) is 5.01 Å². The molecule has 0 radical (unpaired) electrons. The van der Waals surface area contributed by atoms with Crippen molar-refractivity contribution in [2.24, 2.45) is 0 Å². The molecule has 1 aromatic carbocycles. The molecular weight excluding hydrogens is 354 g/mol. The number of nitrogens with zero attached hydrogens (tertiary/aromatic N) is 3. The van der Waals surface area contributed by atoms with E-state index in [1.54, 1.807) is 18.2 Å². The molecule has 0 spiro atoms. The van der Waals surface area contributed by atoms with Crippen LogP contribution in [0.25, 0.3) is 0 Å². The second-order valence-electron chi connectivity index (χ2n) is 3.83. The van der Waals surface area contributed by atoms with E-state index in [-0.39, 0.29) is 6.54 Å². The zero-order chi connectivity index (χ0) is 13.6. The van der Waals surface area contributed by atoms with E-state index in [0.717, 1.165) is 4.47 Å². The average Bonchev–Trinajstić information content (AvgIpc) is 2.88. The number of amides is 1. The first-order valence-electron chi connectivity index (χ1n) is 5.20. The predicted octanol–water partition coefficient (Wildman–Crippen LogP) is 2.68. The van der Waals surface area contributed by atoms with Crippen molar-refractivity contribution in [1.82, 2.24) is 10.2 Å². The number of ketones is 1. The zero-order valence-corrected chi connectivity index (χ0v) is 12.4. The van der Waals surface area contributed by atoms with Gasteiger partial charge in [0.2, 0.25) is 4.47 Å². The number of carbonyl (C=O) groups excluding carboxylic acids is 2. The molecule has 1 aromatic heterocycles. The average molecular weight is 359 g/mol. The molecule has 0 unspecified atom stereocenters. The summed E-state index contributed by atoms with van der Waals surface area (Å²) in [6, 6.07) is 5.15. The fourth-order valence-corrected chi connectivity index (χ4v) is 3.08. The maximum Gasteiger partial charge on any atom is 0.299 e. The number of benzene rings is 1. The van der Waals surface area contributed by atoms with Crippen molar-refractivity contribution >= 4 is 56.2 Å². The van der Waals surface area contributed by atoms with Crippen LogP contribution in [0.5, 0.6) is 0 Å². The molecule has 1 aliphatic rings. The van der Waals surface area contributed by atoms with E-state index in [2.05, 4.69) is 26.1 Å². The highest BCUT2D eigenvalue weighted by atomic mass is 79.9. The smallest absolute Gasteiger partial charge is 0.298 e. The molecule has 0 saturated heterocycles. The van der Waals surface area contributed by atoms with E-state index in [9.17, 15) is 9.59 Å². The standard InChI is InChI=1S/C11H5BrClN3O2S/c12-5-1-2-7-6(3-5)9(17)10(18)16(7)4-8-14-15-11(13)19-8/h1-3H,4H2. The first-order valence-corrected chi connectivity index (χ1v) is 7.18. The molecule has 8 heteroatoms. The summed E-state index contributed by atoms with van der Waals surface area (Å²) >= 11 is 10.2. The first-order chi connectivity index (χ1) is 9.06. The zero-order valence-electron chi connectivity index (χ0n) is 9.26. The Balaban J connectivity index is 1.99. The molecule has 0 bridgehead atoms. The summed E-state index contributed by atoms with van der Waals surface area (Å²) in [6.07, 6.45) is 0. The molecular formula is C11H5BrClN3O2S. The Morgan fingerprint density at radius 3 is 2.79 bits per heavy atom. The quantitative estimate of drug-likeness (QED) is 0.774. The highest BCUT2D eigenvalue weighted by molar-refractivity contribution is 9.10. The van der Waals surface area contributed by atoms with Crippen molar-refractivity contribution < 1.29 is 9.59 Å². The molecule has 0 aliphatic carbocycles. The van der Waals surface area contributed by atoms with Crippen LogP contribution in [0.2, 0.25) is 4.47 Å². The fourth-order valence-electron chi connectivity index (χ4n) is 1.86. The van der Waals surface area contributed by atoms with E-state index < -0.39 is 11.7 Å². The van der Waals surface area contributed by atoms with Gasteiger partial charge >= 0.3 is 0 Å². The number of hydrogen-bond acceptors (Lipinski definition) is 5. The summed E-state index contributed by atoms with van der Waals surface area (Å²) in [7, 11) is 0. The first kappa shape index (κ1) is 12.7. The lowest BCUT2D eigenvalue weighted by molar-refractivity contribution is -0.114. The molecule has 19 heavy (non-hydrogen) atoms. The lowest BCUT2D eigenvalue weighted by Crippen LogP contribution is -2.29. The molecule has 1 aliphatic heterocycles. The van der Waals surface area contributed by atoms with Gasteiger partial charge in [-0.1, -0.05) is 27.3 Å². The van der Waals surface area contributed by atoms with Crippen LogP contribution >= 0.6 is 38.9 Å². The monoisotopic (exact) mass is 357 g/mol. The van der Waals surface area contributed by atoms with E-state index in [1.165, 1.54) is 16.2 Å². The van der Waals surface area contributed by atoms with Gasteiger partial charge in [0, 0.05) is 4.47 Å². The van der Waals surface area contributed by atoms with Crippen LogP contribution in [-0.2, 0) is 11.3 Å². The third-order valence-electron chi connectivity index (χ3n) is 2.67. The van der Waals surface area contributed by atoms with E-state index in [1.807, 2.05) is 0 Å². The second kappa shape index (κ2) is 4.66. The maximum absolute atomic E-state index is 12.0. The van der Waals surface area contributed by atoms with Gasteiger partial charge in [0.25, 0.3) is 11.7 Å². The highest BCUT2D eigenvalue weighted by Crippen LogP contribution is 2.33. The highest BCUT2D eigenvalue weighted by Gasteiger charge is 2.36. The summed E-state index contributed by atoms with van der Waals surface area (Å²) in [6.45, 7) is 0.198. The van der Waals surface area contributed by atoms with Crippen molar-refractivity contribution in [1.29, 1.82) is 0 Å². The third kappa shape index (κ3) is 2.18. The minimum Gasteiger partial charge on any atom is -0.298 e. The van der Waals surface area contributed by atoms with Crippen LogP contribution in [0.4, 0.5) is 5.69 Å². The van der Waals surface area contributed by atoms with Gasteiger partial charge in [-0.2, -0.15) is 0 Å². The van der Waals surface area contributed by atoms with Crippen molar-refractivity contribution in [2.75, 3.05) is 4.90 Å². The minimum absolute atomic E-state index is 0.198. The summed E-state index contributed by atoms with van der Waals surface area (Å²) in [5.41, 5.74) is 0.986. The van der Waals surface area contributed by atoms with Crippen LogP contribution in [0.1, 0.15) is 15.4 Å². The minimum atomic E-state index is -0.556. The Labute approximate surface area is 125 Å². The Bertz CT molecular complexity index is 703. The number of aromatic nitrogens is 2. The van der Waals surface area contributed by atoms with Gasteiger partial charge in [-0.15, -0.1) is 10.2 Å². The molecule has 3 rings (SSSR count). The fraction of sp³-hybridized carbons (Fsp3) is 0.0909. The number of anilines is 1. The Morgan fingerprint density at radius 1 is 1.32 bits per heavy atom. The largest absolute Gasteiger partial charge is 0.299 e. The number of fused-ring (bicyclic) bond motifs is 1. The molecule has 2 heterocycles. The summed E-state index contributed by atoms with van der Waals surface area (Å²) in [5.74, 6) is -1.06. The Hall–Kier alpha value is -1.31. The molecule has 96 valence electrons. The van der Waals surface area contributed by atoms with Gasteiger partial charge in [-0.3, -0.25) is 14.5 Å². The summed E-state index contributed by atoms with van der Waals surface area (Å²) in [5, 5.41) is 8.11. The lowest BCUT2D eigenvalue weighted by atomic mass is 10.1. The van der Waals surface area contributed by atoms with Crippen molar-refractivity contribution in [3.8, 4) is 0 Å². The third-order valence-corrected chi connectivity index (χ3v) is 4.17. The maximum atomic E-state index is 12.0. The number of hydrogen-bond donors (Lipinski definition) is 0. The van der Waals surface area contributed by atoms with Crippen LogP contribution in [-0.4, -0.2) is 21.9 Å².